The van der Waals surface area contributed by atoms with Crippen LogP contribution in [0.4, 0.5) is 22.2 Å². The standard InChI is InChI=1S/C22H25N5O2S2/c1-15-3-4-18(13-16(15)2)24-21-25-26-22(31-21)30-14-20(28)23-17-5-7-19(8-6-17)27-9-11-29-12-10-27/h3-8,13H,9-12,14H2,1-2H3,(H,23,28)(H,24,25). The average Bonchev–Trinajstić information content (AvgIpc) is 3.23. The molecule has 162 valence electrons. The maximum absolute atomic E-state index is 12.3. The number of hydrogen-bond donors (Lipinski definition) is 2. The van der Waals surface area contributed by atoms with Crippen LogP contribution in [0.2, 0.25) is 0 Å². The molecule has 9 heteroatoms. The molecule has 0 saturated carbocycles. The van der Waals surface area contributed by atoms with Crippen molar-refractivity contribution in [3.63, 3.8) is 0 Å². The summed E-state index contributed by atoms with van der Waals surface area (Å²) in [5.41, 5.74) is 5.39. The van der Waals surface area contributed by atoms with E-state index in [1.54, 1.807) is 0 Å². The SMILES string of the molecule is Cc1ccc(Nc2nnc(SCC(=O)Nc3ccc(N4CCOCC4)cc3)s2)cc1C. The van der Waals surface area contributed by atoms with E-state index in [4.69, 9.17) is 4.74 Å². The third kappa shape index (κ3) is 5.96. The summed E-state index contributed by atoms with van der Waals surface area (Å²) in [6.45, 7) is 7.46. The van der Waals surface area contributed by atoms with Crippen LogP contribution in [0.1, 0.15) is 11.1 Å². The van der Waals surface area contributed by atoms with Gasteiger partial charge in [0.1, 0.15) is 0 Å². The normalized spacial score (nSPS) is 13.8. The molecule has 0 unspecified atom stereocenters. The molecule has 2 aromatic carbocycles. The minimum atomic E-state index is -0.0667. The molecule has 1 fully saturated rings. The van der Waals surface area contributed by atoms with Gasteiger partial charge in [-0.05, 0) is 61.4 Å². The van der Waals surface area contributed by atoms with Crippen LogP contribution in [0.25, 0.3) is 0 Å². The number of ether oxygens (including phenoxy) is 1. The van der Waals surface area contributed by atoms with Gasteiger partial charge in [-0.3, -0.25) is 4.79 Å². The summed E-state index contributed by atoms with van der Waals surface area (Å²) in [5, 5.41) is 15.3. The largest absolute Gasteiger partial charge is 0.378 e. The van der Waals surface area contributed by atoms with Gasteiger partial charge in [0.15, 0.2) is 4.34 Å². The number of anilines is 4. The first kappa shape index (κ1) is 21.6. The fraction of sp³-hybridized carbons (Fsp3) is 0.318. The Balaban J connectivity index is 1.25. The van der Waals surface area contributed by atoms with Gasteiger partial charge in [-0.2, -0.15) is 0 Å². The molecule has 1 aliphatic heterocycles. The minimum absolute atomic E-state index is 0.0667. The van der Waals surface area contributed by atoms with E-state index >= 15 is 0 Å². The summed E-state index contributed by atoms with van der Waals surface area (Å²) in [5.74, 6) is 0.215. The van der Waals surface area contributed by atoms with Crippen LogP contribution in [0, 0.1) is 13.8 Å². The molecular formula is C22H25N5O2S2. The fourth-order valence-corrected chi connectivity index (χ4v) is 4.73. The fourth-order valence-electron chi connectivity index (χ4n) is 3.16. The zero-order chi connectivity index (χ0) is 21.6. The van der Waals surface area contributed by atoms with Crippen molar-refractivity contribution in [1.29, 1.82) is 0 Å². The summed E-state index contributed by atoms with van der Waals surface area (Å²) in [7, 11) is 0. The van der Waals surface area contributed by atoms with Crippen LogP contribution in [-0.2, 0) is 9.53 Å². The highest BCUT2D eigenvalue weighted by Crippen LogP contribution is 2.28. The number of rotatable bonds is 7. The van der Waals surface area contributed by atoms with E-state index in [-0.39, 0.29) is 11.7 Å². The van der Waals surface area contributed by atoms with Crippen molar-refractivity contribution in [1.82, 2.24) is 10.2 Å². The zero-order valence-corrected chi connectivity index (χ0v) is 19.2. The molecule has 4 rings (SSSR count). The number of nitrogens with zero attached hydrogens (tertiary/aromatic N) is 3. The number of benzene rings is 2. The Hall–Kier alpha value is -2.62. The number of nitrogens with one attached hydrogen (secondary N) is 2. The first-order chi connectivity index (χ1) is 15.1. The second-order valence-electron chi connectivity index (χ2n) is 7.28. The van der Waals surface area contributed by atoms with E-state index in [0.29, 0.717) is 5.13 Å². The molecule has 1 aromatic heterocycles. The molecule has 0 atom stereocenters. The van der Waals surface area contributed by atoms with Crippen molar-refractivity contribution in [2.75, 3.05) is 47.6 Å². The highest BCUT2D eigenvalue weighted by Gasteiger charge is 2.12. The number of thioether (sulfide) groups is 1. The lowest BCUT2D eigenvalue weighted by Gasteiger charge is -2.28. The van der Waals surface area contributed by atoms with Gasteiger partial charge in [-0.1, -0.05) is 29.2 Å². The van der Waals surface area contributed by atoms with E-state index in [0.717, 1.165) is 47.7 Å². The maximum atomic E-state index is 12.3. The Morgan fingerprint density at radius 1 is 1.06 bits per heavy atom. The number of carbonyl (C=O) groups excluding carboxylic acids is 1. The van der Waals surface area contributed by atoms with Gasteiger partial charge >= 0.3 is 0 Å². The Morgan fingerprint density at radius 3 is 2.55 bits per heavy atom. The molecule has 3 aromatic rings. The van der Waals surface area contributed by atoms with Gasteiger partial charge in [-0.25, -0.2) is 0 Å². The molecule has 2 N–H and O–H groups in total. The molecule has 0 aliphatic carbocycles. The number of aromatic nitrogens is 2. The predicted molar refractivity (Wildman–Crippen MR) is 128 cm³/mol. The van der Waals surface area contributed by atoms with Crippen molar-refractivity contribution >= 4 is 51.2 Å². The predicted octanol–water partition coefficient (Wildman–Crippen LogP) is 4.47. The number of amides is 1. The Bertz CT molecular complexity index is 1030. The third-order valence-corrected chi connectivity index (χ3v) is 6.99. The highest BCUT2D eigenvalue weighted by molar-refractivity contribution is 8.01. The van der Waals surface area contributed by atoms with Gasteiger partial charge in [0.25, 0.3) is 0 Å². The van der Waals surface area contributed by atoms with Gasteiger partial charge in [0.2, 0.25) is 11.0 Å². The highest BCUT2D eigenvalue weighted by atomic mass is 32.2. The van der Waals surface area contributed by atoms with Gasteiger partial charge in [0.05, 0.1) is 19.0 Å². The van der Waals surface area contributed by atoms with Gasteiger partial charge < -0.3 is 20.3 Å². The molecule has 31 heavy (non-hydrogen) atoms. The van der Waals surface area contributed by atoms with E-state index in [2.05, 4.69) is 51.7 Å². The molecule has 7 nitrogen and oxygen atoms in total. The average molecular weight is 456 g/mol. The summed E-state index contributed by atoms with van der Waals surface area (Å²) in [6.07, 6.45) is 0. The maximum Gasteiger partial charge on any atom is 0.234 e. The molecular weight excluding hydrogens is 430 g/mol. The number of morpholine rings is 1. The van der Waals surface area contributed by atoms with Crippen molar-refractivity contribution in [3.05, 3.63) is 53.6 Å². The molecule has 1 aliphatic rings. The molecule has 0 radical (unpaired) electrons. The van der Waals surface area contributed by atoms with Crippen LogP contribution in [0.5, 0.6) is 0 Å². The smallest absolute Gasteiger partial charge is 0.234 e. The van der Waals surface area contributed by atoms with Gasteiger partial charge in [-0.15, -0.1) is 10.2 Å². The zero-order valence-electron chi connectivity index (χ0n) is 17.6. The molecule has 0 spiro atoms. The summed E-state index contributed by atoms with van der Waals surface area (Å²) in [4.78, 5) is 14.6. The topological polar surface area (TPSA) is 79.4 Å². The van der Waals surface area contributed by atoms with Crippen LogP contribution in [0.3, 0.4) is 0 Å². The van der Waals surface area contributed by atoms with Crippen molar-refractivity contribution in [2.24, 2.45) is 0 Å². The third-order valence-electron chi connectivity index (χ3n) is 5.02. The van der Waals surface area contributed by atoms with Gasteiger partial charge in [0, 0.05) is 30.2 Å². The quantitative estimate of drug-likeness (QED) is 0.509. The van der Waals surface area contributed by atoms with Crippen molar-refractivity contribution in [2.45, 2.75) is 18.2 Å². The molecule has 1 saturated heterocycles. The second-order valence-corrected chi connectivity index (χ2v) is 9.48. The lowest BCUT2D eigenvalue weighted by molar-refractivity contribution is -0.113. The Labute approximate surface area is 190 Å². The Kier molecular flexibility index (Phi) is 7.06. The van der Waals surface area contributed by atoms with Crippen LogP contribution < -0.4 is 15.5 Å². The number of aryl methyl sites for hydroxylation is 2. The number of carbonyl (C=O) groups is 1. The van der Waals surface area contributed by atoms with E-state index < -0.39 is 0 Å². The molecule has 0 bridgehead atoms. The van der Waals surface area contributed by atoms with Crippen LogP contribution in [-0.4, -0.2) is 48.2 Å². The summed E-state index contributed by atoms with van der Waals surface area (Å²) >= 11 is 2.82. The Morgan fingerprint density at radius 2 is 1.81 bits per heavy atom. The summed E-state index contributed by atoms with van der Waals surface area (Å²) < 4.78 is 6.14. The minimum Gasteiger partial charge on any atom is -0.378 e. The first-order valence-electron chi connectivity index (χ1n) is 10.1. The first-order valence-corrected chi connectivity index (χ1v) is 11.9. The lowest BCUT2D eigenvalue weighted by atomic mass is 10.1. The van der Waals surface area contributed by atoms with Crippen molar-refractivity contribution < 1.29 is 9.53 Å². The van der Waals surface area contributed by atoms with Crippen LogP contribution in [0.15, 0.2) is 46.8 Å². The van der Waals surface area contributed by atoms with Crippen molar-refractivity contribution in [3.8, 4) is 0 Å². The summed E-state index contributed by atoms with van der Waals surface area (Å²) in [6, 6.07) is 14.1. The monoisotopic (exact) mass is 455 g/mol. The molecule has 2 heterocycles. The lowest BCUT2D eigenvalue weighted by Crippen LogP contribution is -2.36. The van der Waals surface area contributed by atoms with Crippen LogP contribution >= 0.6 is 23.1 Å². The number of hydrogen-bond acceptors (Lipinski definition) is 8. The second kappa shape index (κ2) is 10.1. The molecule has 1 amide bonds. The van der Waals surface area contributed by atoms with E-state index in [1.165, 1.54) is 34.2 Å². The van der Waals surface area contributed by atoms with E-state index in [9.17, 15) is 4.79 Å². The van der Waals surface area contributed by atoms with E-state index in [1.807, 2.05) is 30.3 Å².